The van der Waals surface area contributed by atoms with Crippen LogP contribution in [-0.4, -0.2) is 33.8 Å². The fraction of sp³-hybridized carbons (Fsp3) is 0.471. The van der Waals surface area contributed by atoms with Crippen molar-refractivity contribution in [3.8, 4) is 5.75 Å². The molecule has 1 aliphatic carbocycles. The summed E-state index contributed by atoms with van der Waals surface area (Å²) in [4.78, 5) is 12.7. The average Bonchev–Trinajstić information content (AvgIpc) is 3.39. The highest BCUT2D eigenvalue weighted by Crippen LogP contribution is 2.38. The highest BCUT2D eigenvalue weighted by atomic mass is 16.5. The standard InChI is InChI=1S/C17H21N5O2/c1-22-14(20-21-16(22)11-6-7-11)10-19-17(23)15-12-4-2-3-5-13(12)24-9-8-18-15/h2-5,11,15,18H,6-10H2,1H3,(H,19,23). The number of hydrogen-bond acceptors (Lipinski definition) is 5. The van der Waals surface area contributed by atoms with Crippen LogP contribution in [0.5, 0.6) is 5.75 Å². The summed E-state index contributed by atoms with van der Waals surface area (Å²) in [7, 11) is 1.96. The van der Waals surface area contributed by atoms with E-state index in [4.69, 9.17) is 4.74 Å². The molecule has 1 unspecified atom stereocenters. The Bertz CT molecular complexity index is 753. The Hall–Kier alpha value is -2.41. The van der Waals surface area contributed by atoms with Crippen molar-refractivity contribution < 1.29 is 9.53 Å². The van der Waals surface area contributed by atoms with Gasteiger partial charge in [0.05, 0.1) is 6.54 Å². The molecule has 1 aromatic heterocycles. The van der Waals surface area contributed by atoms with E-state index in [1.807, 2.05) is 35.9 Å². The number of amides is 1. The quantitative estimate of drug-likeness (QED) is 0.877. The van der Waals surface area contributed by atoms with Crippen molar-refractivity contribution in [2.24, 2.45) is 7.05 Å². The Morgan fingerprint density at radius 1 is 1.38 bits per heavy atom. The van der Waals surface area contributed by atoms with Gasteiger partial charge in [-0.05, 0) is 18.9 Å². The zero-order valence-electron chi connectivity index (χ0n) is 13.7. The van der Waals surface area contributed by atoms with Crippen LogP contribution in [0.1, 0.15) is 42.0 Å². The molecular weight excluding hydrogens is 306 g/mol. The lowest BCUT2D eigenvalue weighted by molar-refractivity contribution is -0.123. The van der Waals surface area contributed by atoms with Crippen LogP contribution in [0.25, 0.3) is 0 Å². The topological polar surface area (TPSA) is 81.1 Å². The molecule has 1 saturated carbocycles. The second kappa shape index (κ2) is 6.24. The minimum absolute atomic E-state index is 0.0797. The molecule has 2 heterocycles. The van der Waals surface area contributed by atoms with Gasteiger partial charge in [0.15, 0.2) is 5.82 Å². The first-order valence-electron chi connectivity index (χ1n) is 8.35. The summed E-state index contributed by atoms with van der Waals surface area (Å²) in [6.45, 7) is 1.55. The summed E-state index contributed by atoms with van der Waals surface area (Å²) in [6, 6.07) is 7.23. The van der Waals surface area contributed by atoms with Crippen LogP contribution in [0.2, 0.25) is 0 Å². The summed E-state index contributed by atoms with van der Waals surface area (Å²) in [5.41, 5.74) is 0.865. The Morgan fingerprint density at radius 3 is 3.04 bits per heavy atom. The summed E-state index contributed by atoms with van der Waals surface area (Å²) < 4.78 is 7.67. The van der Waals surface area contributed by atoms with Gasteiger partial charge in [0.2, 0.25) is 5.91 Å². The molecule has 2 aliphatic rings. The first-order chi connectivity index (χ1) is 11.7. The summed E-state index contributed by atoms with van der Waals surface area (Å²) in [5.74, 6) is 3.02. The maximum atomic E-state index is 12.7. The van der Waals surface area contributed by atoms with Crippen LogP contribution in [0.15, 0.2) is 24.3 Å². The number of nitrogens with zero attached hydrogens (tertiary/aromatic N) is 3. The predicted octanol–water partition coefficient (Wildman–Crippen LogP) is 1.03. The highest BCUT2D eigenvalue weighted by Gasteiger charge is 2.30. The number of aromatic nitrogens is 3. The molecule has 1 atom stereocenters. The van der Waals surface area contributed by atoms with Crippen molar-refractivity contribution in [3.63, 3.8) is 0 Å². The number of ether oxygens (including phenoxy) is 1. The number of carbonyl (C=O) groups excluding carboxylic acids is 1. The van der Waals surface area contributed by atoms with E-state index in [1.165, 1.54) is 12.8 Å². The molecule has 24 heavy (non-hydrogen) atoms. The van der Waals surface area contributed by atoms with E-state index in [-0.39, 0.29) is 5.91 Å². The fourth-order valence-corrected chi connectivity index (χ4v) is 3.05. The summed E-state index contributed by atoms with van der Waals surface area (Å²) >= 11 is 0. The van der Waals surface area contributed by atoms with Crippen molar-refractivity contribution in [1.29, 1.82) is 0 Å². The minimum atomic E-state index is -0.417. The largest absolute Gasteiger partial charge is 0.492 e. The number of carbonyl (C=O) groups is 1. The first kappa shape index (κ1) is 15.1. The molecule has 1 aliphatic heterocycles. The zero-order valence-corrected chi connectivity index (χ0v) is 13.7. The second-order valence-electron chi connectivity index (χ2n) is 6.30. The Labute approximate surface area is 140 Å². The van der Waals surface area contributed by atoms with Crippen LogP contribution in [-0.2, 0) is 18.4 Å². The molecule has 1 amide bonds. The molecule has 0 bridgehead atoms. The first-order valence-corrected chi connectivity index (χ1v) is 8.35. The molecule has 0 saturated heterocycles. The average molecular weight is 327 g/mol. The van der Waals surface area contributed by atoms with Gasteiger partial charge < -0.3 is 14.6 Å². The SMILES string of the molecule is Cn1c(CNC(=O)C2NCCOc3ccccc32)nnc1C1CC1. The molecule has 126 valence electrons. The lowest BCUT2D eigenvalue weighted by Crippen LogP contribution is -2.38. The zero-order chi connectivity index (χ0) is 16.5. The normalized spacial score (nSPS) is 20.0. The van der Waals surface area contributed by atoms with E-state index < -0.39 is 6.04 Å². The molecule has 2 N–H and O–H groups in total. The van der Waals surface area contributed by atoms with E-state index in [2.05, 4.69) is 20.8 Å². The van der Waals surface area contributed by atoms with Gasteiger partial charge in [-0.2, -0.15) is 0 Å². The van der Waals surface area contributed by atoms with E-state index in [9.17, 15) is 4.79 Å². The summed E-state index contributed by atoms with van der Waals surface area (Å²) in [5, 5.41) is 14.7. The molecule has 7 heteroatoms. The van der Waals surface area contributed by atoms with Crippen LogP contribution < -0.4 is 15.4 Å². The van der Waals surface area contributed by atoms with Gasteiger partial charge in [0.25, 0.3) is 0 Å². The smallest absolute Gasteiger partial charge is 0.242 e. The van der Waals surface area contributed by atoms with Crippen molar-refractivity contribution in [1.82, 2.24) is 25.4 Å². The Morgan fingerprint density at radius 2 is 2.21 bits per heavy atom. The van der Waals surface area contributed by atoms with Gasteiger partial charge in [0.1, 0.15) is 24.2 Å². The third-order valence-corrected chi connectivity index (χ3v) is 4.56. The number of hydrogen-bond donors (Lipinski definition) is 2. The monoisotopic (exact) mass is 327 g/mol. The van der Waals surface area contributed by atoms with E-state index in [0.717, 1.165) is 23.0 Å². The van der Waals surface area contributed by atoms with Gasteiger partial charge in [-0.1, -0.05) is 18.2 Å². The molecular formula is C17H21N5O2. The molecule has 1 fully saturated rings. The third kappa shape index (κ3) is 2.87. The molecule has 0 spiro atoms. The lowest BCUT2D eigenvalue weighted by Gasteiger charge is -2.17. The Balaban J connectivity index is 1.46. The number of benzene rings is 1. The minimum Gasteiger partial charge on any atom is -0.492 e. The van der Waals surface area contributed by atoms with E-state index >= 15 is 0 Å². The van der Waals surface area contributed by atoms with Crippen LogP contribution >= 0.6 is 0 Å². The van der Waals surface area contributed by atoms with Gasteiger partial charge >= 0.3 is 0 Å². The maximum absolute atomic E-state index is 12.7. The number of fused-ring (bicyclic) bond motifs is 1. The lowest BCUT2D eigenvalue weighted by atomic mass is 10.1. The van der Waals surface area contributed by atoms with E-state index in [0.29, 0.717) is 25.6 Å². The number of nitrogens with one attached hydrogen (secondary N) is 2. The van der Waals surface area contributed by atoms with Gasteiger partial charge in [-0.15, -0.1) is 10.2 Å². The molecule has 1 aromatic carbocycles. The second-order valence-corrected chi connectivity index (χ2v) is 6.30. The predicted molar refractivity (Wildman–Crippen MR) is 87.5 cm³/mol. The molecule has 0 radical (unpaired) electrons. The van der Waals surface area contributed by atoms with Crippen LogP contribution in [0.4, 0.5) is 0 Å². The molecule has 4 rings (SSSR count). The van der Waals surface area contributed by atoms with Gasteiger partial charge in [-0.25, -0.2) is 0 Å². The summed E-state index contributed by atoms with van der Waals surface area (Å²) in [6.07, 6.45) is 2.36. The Kier molecular flexibility index (Phi) is 3.93. The number of rotatable bonds is 4. The van der Waals surface area contributed by atoms with Crippen molar-refractivity contribution >= 4 is 5.91 Å². The number of para-hydroxylation sites is 1. The van der Waals surface area contributed by atoms with Crippen LogP contribution in [0.3, 0.4) is 0 Å². The van der Waals surface area contributed by atoms with Crippen molar-refractivity contribution in [2.45, 2.75) is 31.3 Å². The van der Waals surface area contributed by atoms with Crippen molar-refractivity contribution in [2.75, 3.05) is 13.2 Å². The molecule has 2 aromatic rings. The van der Waals surface area contributed by atoms with Gasteiger partial charge in [0, 0.05) is 25.1 Å². The maximum Gasteiger partial charge on any atom is 0.242 e. The van der Waals surface area contributed by atoms with Gasteiger partial charge in [-0.3, -0.25) is 10.1 Å². The highest BCUT2D eigenvalue weighted by molar-refractivity contribution is 5.84. The van der Waals surface area contributed by atoms with E-state index in [1.54, 1.807) is 0 Å². The van der Waals surface area contributed by atoms with Crippen molar-refractivity contribution in [3.05, 3.63) is 41.5 Å². The fourth-order valence-electron chi connectivity index (χ4n) is 3.05. The van der Waals surface area contributed by atoms with Crippen LogP contribution in [0, 0.1) is 0 Å². The third-order valence-electron chi connectivity index (χ3n) is 4.56. The molecule has 7 nitrogen and oxygen atoms in total.